The van der Waals surface area contributed by atoms with E-state index in [1.807, 2.05) is 30.3 Å². The molecule has 1 aromatic carbocycles. The second-order valence-corrected chi connectivity index (χ2v) is 4.50. The molecular formula is C13H10BrNO3. The van der Waals surface area contributed by atoms with Gasteiger partial charge in [0, 0.05) is 10.7 Å². The SMILES string of the molecule is O=C(O)c1cc(Br)cnc1OCc1ccccc1. The molecule has 2 rings (SSSR count). The highest BCUT2D eigenvalue weighted by atomic mass is 79.9. The van der Waals surface area contributed by atoms with E-state index >= 15 is 0 Å². The number of halogens is 1. The van der Waals surface area contributed by atoms with Gasteiger partial charge in [-0.05, 0) is 27.6 Å². The zero-order chi connectivity index (χ0) is 13.0. The summed E-state index contributed by atoms with van der Waals surface area (Å²) < 4.78 is 6.03. The van der Waals surface area contributed by atoms with Crippen LogP contribution >= 0.6 is 15.9 Å². The largest absolute Gasteiger partial charge is 0.477 e. The Morgan fingerprint density at radius 3 is 2.72 bits per heavy atom. The Bertz CT molecular complexity index is 557. The number of aromatic nitrogens is 1. The summed E-state index contributed by atoms with van der Waals surface area (Å²) in [6, 6.07) is 11.0. The molecule has 92 valence electrons. The molecule has 0 spiro atoms. The van der Waals surface area contributed by atoms with E-state index in [0.717, 1.165) is 5.56 Å². The zero-order valence-corrected chi connectivity index (χ0v) is 10.9. The summed E-state index contributed by atoms with van der Waals surface area (Å²) >= 11 is 3.18. The third-order valence-corrected chi connectivity index (χ3v) is 2.70. The van der Waals surface area contributed by atoms with Crippen LogP contribution in [0, 0.1) is 0 Å². The highest BCUT2D eigenvalue weighted by Crippen LogP contribution is 2.20. The molecule has 0 atom stereocenters. The van der Waals surface area contributed by atoms with Crippen LogP contribution in [0.15, 0.2) is 47.1 Å². The van der Waals surface area contributed by atoms with Gasteiger partial charge < -0.3 is 9.84 Å². The van der Waals surface area contributed by atoms with Crippen LogP contribution in [0.2, 0.25) is 0 Å². The summed E-state index contributed by atoms with van der Waals surface area (Å²) in [6.07, 6.45) is 1.51. The van der Waals surface area contributed by atoms with Crippen molar-refractivity contribution in [2.24, 2.45) is 0 Å². The highest BCUT2D eigenvalue weighted by Gasteiger charge is 2.13. The first-order chi connectivity index (χ1) is 8.66. The van der Waals surface area contributed by atoms with Crippen molar-refractivity contribution >= 4 is 21.9 Å². The van der Waals surface area contributed by atoms with Gasteiger partial charge in [-0.2, -0.15) is 0 Å². The van der Waals surface area contributed by atoms with Crippen LogP contribution in [0.5, 0.6) is 5.88 Å². The topological polar surface area (TPSA) is 59.4 Å². The fraction of sp³-hybridized carbons (Fsp3) is 0.0769. The molecule has 0 saturated carbocycles. The van der Waals surface area contributed by atoms with Gasteiger partial charge in [-0.1, -0.05) is 30.3 Å². The molecule has 1 heterocycles. The fourth-order valence-corrected chi connectivity index (χ4v) is 1.75. The van der Waals surface area contributed by atoms with Crippen molar-refractivity contribution in [2.45, 2.75) is 6.61 Å². The number of carboxylic acids is 1. The average Bonchev–Trinajstić information content (AvgIpc) is 2.38. The average molecular weight is 308 g/mol. The standard InChI is InChI=1S/C13H10BrNO3/c14-10-6-11(13(16)17)12(15-7-10)18-8-9-4-2-1-3-5-9/h1-7H,8H2,(H,16,17). The Morgan fingerprint density at radius 2 is 2.06 bits per heavy atom. The number of aromatic carboxylic acids is 1. The van der Waals surface area contributed by atoms with Gasteiger partial charge in [0.05, 0.1) is 0 Å². The fourth-order valence-electron chi connectivity index (χ4n) is 1.42. The number of ether oxygens (including phenoxy) is 1. The van der Waals surface area contributed by atoms with Crippen LogP contribution in [0.1, 0.15) is 15.9 Å². The molecule has 0 aliphatic rings. The molecule has 0 unspecified atom stereocenters. The second-order valence-electron chi connectivity index (χ2n) is 3.59. The van der Waals surface area contributed by atoms with E-state index in [-0.39, 0.29) is 18.1 Å². The molecule has 2 aromatic rings. The second kappa shape index (κ2) is 5.64. The Hall–Kier alpha value is -1.88. The number of hydrogen-bond acceptors (Lipinski definition) is 3. The van der Waals surface area contributed by atoms with Gasteiger partial charge in [-0.25, -0.2) is 9.78 Å². The zero-order valence-electron chi connectivity index (χ0n) is 9.34. The van der Waals surface area contributed by atoms with Gasteiger partial charge >= 0.3 is 5.97 Å². The first-order valence-corrected chi connectivity index (χ1v) is 6.01. The predicted octanol–water partition coefficient (Wildman–Crippen LogP) is 3.12. The third kappa shape index (κ3) is 3.07. The number of hydrogen-bond donors (Lipinski definition) is 1. The summed E-state index contributed by atoms with van der Waals surface area (Å²) in [5.74, 6) is -0.943. The van der Waals surface area contributed by atoms with Gasteiger partial charge in [0.15, 0.2) is 0 Å². The number of carboxylic acid groups (broad SMARTS) is 1. The summed E-state index contributed by atoms with van der Waals surface area (Å²) in [5, 5.41) is 9.05. The van der Waals surface area contributed by atoms with Crippen molar-refractivity contribution in [1.82, 2.24) is 4.98 Å². The Balaban J connectivity index is 2.17. The molecule has 5 heteroatoms. The normalized spacial score (nSPS) is 10.1. The van der Waals surface area contributed by atoms with Gasteiger partial charge in [0.25, 0.3) is 0 Å². The molecular weight excluding hydrogens is 298 g/mol. The summed E-state index contributed by atoms with van der Waals surface area (Å²) in [6.45, 7) is 0.287. The smallest absolute Gasteiger partial charge is 0.341 e. The minimum Gasteiger partial charge on any atom is -0.477 e. The highest BCUT2D eigenvalue weighted by molar-refractivity contribution is 9.10. The van der Waals surface area contributed by atoms with E-state index in [4.69, 9.17) is 9.84 Å². The molecule has 0 aliphatic carbocycles. The van der Waals surface area contributed by atoms with Gasteiger partial charge in [0.2, 0.25) is 5.88 Å². The quantitative estimate of drug-likeness (QED) is 0.943. The number of nitrogens with zero attached hydrogens (tertiary/aromatic N) is 1. The molecule has 0 amide bonds. The summed E-state index contributed by atoms with van der Waals surface area (Å²) in [5.41, 5.74) is 0.999. The van der Waals surface area contributed by atoms with E-state index in [1.165, 1.54) is 12.3 Å². The molecule has 4 nitrogen and oxygen atoms in total. The maximum atomic E-state index is 11.0. The van der Waals surface area contributed by atoms with E-state index in [0.29, 0.717) is 4.47 Å². The summed E-state index contributed by atoms with van der Waals surface area (Å²) in [4.78, 5) is 15.0. The van der Waals surface area contributed by atoms with Crippen LogP contribution < -0.4 is 4.74 Å². The van der Waals surface area contributed by atoms with Crippen molar-refractivity contribution in [3.05, 3.63) is 58.2 Å². The van der Waals surface area contributed by atoms with Crippen LogP contribution in [0.3, 0.4) is 0 Å². The lowest BCUT2D eigenvalue weighted by Gasteiger charge is -2.08. The molecule has 1 N–H and O–H groups in total. The summed E-state index contributed by atoms with van der Waals surface area (Å²) in [7, 11) is 0. The Kier molecular flexibility index (Phi) is 3.94. The lowest BCUT2D eigenvalue weighted by atomic mass is 10.2. The van der Waals surface area contributed by atoms with Crippen molar-refractivity contribution in [2.75, 3.05) is 0 Å². The molecule has 18 heavy (non-hydrogen) atoms. The molecule has 0 aliphatic heterocycles. The van der Waals surface area contributed by atoms with E-state index in [9.17, 15) is 4.79 Å². The van der Waals surface area contributed by atoms with Crippen molar-refractivity contribution < 1.29 is 14.6 Å². The molecule has 0 fully saturated rings. The van der Waals surface area contributed by atoms with E-state index in [1.54, 1.807) is 0 Å². The van der Waals surface area contributed by atoms with Crippen LogP contribution in [0.25, 0.3) is 0 Å². The number of rotatable bonds is 4. The monoisotopic (exact) mass is 307 g/mol. The maximum absolute atomic E-state index is 11.0. The molecule has 0 bridgehead atoms. The van der Waals surface area contributed by atoms with Crippen molar-refractivity contribution in [3.63, 3.8) is 0 Å². The molecule has 1 aromatic heterocycles. The predicted molar refractivity (Wildman–Crippen MR) is 69.7 cm³/mol. The lowest BCUT2D eigenvalue weighted by molar-refractivity contribution is 0.0690. The number of pyridine rings is 1. The Labute approximate surface area is 112 Å². The van der Waals surface area contributed by atoms with Crippen LogP contribution in [-0.4, -0.2) is 16.1 Å². The minimum absolute atomic E-state index is 0.0420. The van der Waals surface area contributed by atoms with Gasteiger partial charge in [-0.15, -0.1) is 0 Å². The lowest BCUT2D eigenvalue weighted by Crippen LogP contribution is -2.05. The van der Waals surface area contributed by atoms with Crippen LogP contribution in [-0.2, 0) is 6.61 Å². The number of benzene rings is 1. The maximum Gasteiger partial charge on any atom is 0.341 e. The first kappa shape index (κ1) is 12.6. The Morgan fingerprint density at radius 1 is 1.33 bits per heavy atom. The van der Waals surface area contributed by atoms with E-state index < -0.39 is 5.97 Å². The molecule has 0 radical (unpaired) electrons. The van der Waals surface area contributed by atoms with Crippen molar-refractivity contribution in [1.29, 1.82) is 0 Å². The van der Waals surface area contributed by atoms with Gasteiger partial charge in [-0.3, -0.25) is 0 Å². The minimum atomic E-state index is -1.06. The van der Waals surface area contributed by atoms with Gasteiger partial charge in [0.1, 0.15) is 12.2 Å². The van der Waals surface area contributed by atoms with Crippen molar-refractivity contribution in [3.8, 4) is 5.88 Å². The van der Waals surface area contributed by atoms with Crippen LogP contribution in [0.4, 0.5) is 0 Å². The van der Waals surface area contributed by atoms with E-state index in [2.05, 4.69) is 20.9 Å². The molecule has 0 saturated heterocycles. The first-order valence-electron chi connectivity index (χ1n) is 5.22. The third-order valence-electron chi connectivity index (χ3n) is 2.27. The number of carbonyl (C=O) groups is 1.